The van der Waals surface area contributed by atoms with Crippen molar-refractivity contribution in [2.45, 2.75) is 13.0 Å². The van der Waals surface area contributed by atoms with Gasteiger partial charge < -0.3 is 20.1 Å². The van der Waals surface area contributed by atoms with Gasteiger partial charge in [-0.2, -0.15) is 0 Å². The SMILES string of the molecule is COCCNc1ccc([N+](=O)[O-])cc1C(=O)OCC(=O)N[C@H](C)c1ccccc1. The summed E-state index contributed by atoms with van der Waals surface area (Å²) < 4.78 is 10.0. The smallest absolute Gasteiger partial charge is 0.341 e. The van der Waals surface area contributed by atoms with Crippen LogP contribution in [0.1, 0.15) is 28.9 Å². The summed E-state index contributed by atoms with van der Waals surface area (Å²) in [5.74, 6) is -1.31. The molecule has 154 valence electrons. The van der Waals surface area contributed by atoms with Gasteiger partial charge >= 0.3 is 5.97 Å². The van der Waals surface area contributed by atoms with Crippen molar-refractivity contribution in [1.29, 1.82) is 0 Å². The third-order valence-corrected chi connectivity index (χ3v) is 4.07. The van der Waals surface area contributed by atoms with Crippen molar-refractivity contribution < 1.29 is 24.0 Å². The van der Waals surface area contributed by atoms with Crippen LogP contribution in [-0.2, 0) is 14.3 Å². The Hall–Kier alpha value is -3.46. The van der Waals surface area contributed by atoms with Gasteiger partial charge in [0.25, 0.3) is 11.6 Å². The second-order valence-electron chi connectivity index (χ2n) is 6.18. The minimum atomic E-state index is -0.837. The van der Waals surface area contributed by atoms with Crippen molar-refractivity contribution in [2.75, 3.05) is 32.2 Å². The van der Waals surface area contributed by atoms with E-state index in [9.17, 15) is 19.7 Å². The Morgan fingerprint density at radius 1 is 1.17 bits per heavy atom. The molecule has 2 aromatic carbocycles. The molecule has 1 amide bonds. The van der Waals surface area contributed by atoms with Crippen molar-refractivity contribution in [2.24, 2.45) is 0 Å². The largest absolute Gasteiger partial charge is 0.452 e. The molecular weight excluding hydrogens is 378 g/mol. The summed E-state index contributed by atoms with van der Waals surface area (Å²) in [5.41, 5.74) is 0.988. The molecule has 0 bridgehead atoms. The van der Waals surface area contributed by atoms with E-state index in [1.807, 2.05) is 37.3 Å². The van der Waals surface area contributed by atoms with Gasteiger partial charge in [0, 0.05) is 31.5 Å². The van der Waals surface area contributed by atoms with Gasteiger partial charge in [0.15, 0.2) is 6.61 Å². The number of esters is 1. The monoisotopic (exact) mass is 401 g/mol. The van der Waals surface area contributed by atoms with E-state index in [4.69, 9.17) is 9.47 Å². The molecule has 1 atom stereocenters. The molecule has 0 aliphatic carbocycles. The zero-order valence-electron chi connectivity index (χ0n) is 16.2. The molecule has 9 nitrogen and oxygen atoms in total. The van der Waals surface area contributed by atoms with E-state index in [1.54, 1.807) is 0 Å². The Bertz CT molecular complexity index is 857. The average Bonchev–Trinajstić information content (AvgIpc) is 2.72. The number of carbonyl (C=O) groups is 2. The van der Waals surface area contributed by atoms with Crippen LogP contribution in [0.2, 0.25) is 0 Å². The normalized spacial score (nSPS) is 11.4. The van der Waals surface area contributed by atoms with Crippen LogP contribution in [0.4, 0.5) is 11.4 Å². The number of benzene rings is 2. The lowest BCUT2D eigenvalue weighted by molar-refractivity contribution is -0.384. The lowest BCUT2D eigenvalue weighted by Crippen LogP contribution is -2.31. The number of carbonyl (C=O) groups excluding carboxylic acids is 2. The number of amides is 1. The number of rotatable bonds is 10. The number of hydrogen-bond donors (Lipinski definition) is 2. The van der Waals surface area contributed by atoms with Crippen LogP contribution in [0.3, 0.4) is 0 Å². The molecule has 0 unspecified atom stereocenters. The Kier molecular flexibility index (Phi) is 8.11. The molecule has 0 saturated carbocycles. The van der Waals surface area contributed by atoms with E-state index < -0.39 is 23.4 Å². The summed E-state index contributed by atoms with van der Waals surface area (Å²) in [5, 5.41) is 16.7. The highest BCUT2D eigenvalue weighted by molar-refractivity contribution is 5.97. The van der Waals surface area contributed by atoms with Gasteiger partial charge in [-0.05, 0) is 18.6 Å². The zero-order chi connectivity index (χ0) is 21.2. The number of nitrogens with one attached hydrogen (secondary N) is 2. The Morgan fingerprint density at radius 2 is 1.90 bits per heavy atom. The van der Waals surface area contributed by atoms with Crippen LogP contribution in [-0.4, -0.2) is 43.7 Å². The molecule has 0 aliphatic heterocycles. The summed E-state index contributed by atoms with van der Waals surface area (Å²) >= 11 is 0. The number of methoxy groups -OCH3 is 1. The molecule has 0 spiro atoms. The van der Waals surface area contributed by atoms with Gasteiger partial charge in [-0.3, -0.25) is 14.9 Å². The van der Waals surface area contributed by atoms with E-state index in [2.05, 4.69) is 10.6 Å². The van der Waals surface area contributed by atoms with Gasteiger partial charge in [-0.1, -0.05) is 30.3 Å². The summed E-state index contributed by atoms with van der Waals surface area (Å²) in [7, 11) is 1.53. The van der Waals surface area contributed by atoms with Crippen LogP contribution in [0.15, 0.2) is 48.5 Å². The molecule has 0 radical (unpaired) electrons. The molecule has 0 heterocycles. The quantitative estimate of drug-likeness (QED) is 0.272. The first-order chi connectivity index (χ1) is 13.9. The zero-order valence-corrected chi connectivity index (χ0v) is 16.2. The lowest BCUT2D eigenvalue weighted by Gasteiger charge is -2.15. The molecule has 2 aromatic rings. The van der Waals surface area contributed by atoms with Gasteiger partial charge in [-0.25, -0.2) is 4.79 Å². The molecule has 2 N–H and O–H groups in total. The molecule has 0 saturated heterocycles. The minimum Gasteiger partial charge on any atom is -0.452 e. The molecule has 29 heavy (non-hydrogen) atoms. The Balaban J connectivity index is 2.01. The van der Waals surface area contributed by atoms with Crippen molar-refractivity contribution >= 4 is 23.3 Å². The topological polar surface area (TPSA) is 120 Å². The predicted octanol–water partition coefficient (Wildman–Crippen LogP) is 2.69. The van der Waals surface area contributed by atoms with Crippen LogP contribution in [0.25, 0.3) is 0 Å². The van der Waals surface area contributed by atoms with Gasteiger partial charge in [0.05, 0.1) is 23.1 Å². The summed E-state index contributed by atoms with van der Waals surface area (Å²) in [4.78, 5) is 35.0. The number of hydrogen-bond acceptors (Lipinski definition) is 7. The minimum absolute atomic E-state index is 0.0285. The van der Waals surface area contributed by atoms with Crippen molar-refractivity contribution in [3.05, 3.63) is 69.8 Å². The highest BCUT2D eigenvalue weighted by Crippen LogP contribution is 2.23. The Labute approximate surface area is 168 Å². The van der Waals surface area contributed by atoms with Gasteiger partial charge in [0.1, 0.15) is 0 Å². The molecule has 2 rings (SSSR count). The van der Waals surface area contributed by atoms with E-state index in [1.165, 1.54) is 19.2 Å². The second-order valence-corrected chi connectivity index (χ2v) is 6.18. The fraction of sp³-hybridized carbons (Fsp3) is 0.300. The third-order valence-electron chi connectivity index (χ3n) is 4.07. The van der Waals surface area contributed by atoms with E-state index >= 15 is 0 Å². The fourth-order valence-corrected chi connectivity index (χ4v) is 2.57. The van der Waals surface area contributed by atoms with E-state index in [-0.39, 0.29) is 17.3 Å². The first-order valence-corrected chi connectivity index (χ1v) is 8.95. The number of nitro benzene ring substituents is 1. The maximum absolute atomic E-state index is 12.4. The summed E-state index contributed by atoms with van der Waals surface area (Å²) in [6.07, 6.45) is 0. The van der Waals surface area contributed by atoms with E-state index in [0.717, 1.165) is 11.6 Å². The maximum Gasteiger partial charge on any atom is 0.341 e. The molecule has 9 heteroatoms. The highest BCUT2D eigenvalue weighted by atomic mass is 16.6. The third kappa shape index (κ3) is 6.58. The molecular formula is C20H23N3O6. The van der Waals surface area contributed by atoms with Crippen molar-refractivity contribution in [1.82, 2.24) is 5.32 Å². The number of non-ortho nitro benzene ring substituents is 1. The molecule has 0 aromatic heterocycles. The number of ether oxygens (including phenoxy) is 2. The Morgan fingerprint density at radius 3 is 2.55 bits per heavy atom. The summed E-state index contributed by atoms with van der Waals surface area (Å²) in [6.45, 7) is 2.08. The number of nitro groups is 1. The first kappa shape index (κ1) is 21.8. The summed E-state index contributed by atoms with van der Waals surface area (Å²) in [6, 6.07) is 12.9. The first-order valence-electron chi connectivity index (χ1n) is 8.95. The van der Waals surface area contributed by atoms with Crippen LogP contribution in [0, 0.1) is 10.1 Å². The van der Waals surface area contributed by atoms with Crippen LogP contribution < -0.4 is 10.6 Å². The molecule has 0 fully saturated rings. The second kappa shape index (κ2) is 10.8. The van der Waals surface area contributed by atoms with Gasteiger partial charge in [-0.15, -0.1) is 0 Å². The van der Waals surface area contributed by atoms with Crippen LogP contribution in [0.5, 0.6) is 0 Å². The van der Waals surface area contributed by atoms with Crippen molar-refractivity contribution in [3.63, 3.8) is 0 Å². The van der Waals surface area contributed by atoms with E-state index in [0.29, 0.717) is 18.8 Å². The molecule has 0 aliphatic rings. The highest BCUT2D eigenvalue weighted by Gasteiger charge is 2.19. The number of nitrogens with zero attached hydrogens (tertiary/aromatic N) is 1. The standard InChI is InChI=1S/C20H23N3O6/c1-14(15-6-4-3-5-7-15)22-19(24)13-29-20(25)17-12-16(23(26)27)8-9-18(17)21-10-11-28-2/h3-9,12,14,21H,10-11,13H2,1-2H3,(H,22,24)/t14-/m1/s1. The predicted molar refractivity (Wildman–Crippen MR) is 107 cm³/mol. The van der Waals surface area contributed by atoms with Crippen molar-refractivity contribution in [3.8, 4) is 0 Å². The lowest BCUT2D eigenvalue weighted by atomic mass is 10.1. The number of anilines is 1. The maximum atomic E-state index is 12.4. The average molecular weight is 401 g/mol. The van der Waals surface area contributed by atoms with Gasteiger partial charge in [0.2, 0.25) is 0 Å². The van der Waals surface area contributed by atoms with Crippen LogP contribution >= 0.6 is 0 Å². The fourth-order valence-electron chi connectivity index (χ4n) is 2.57.